The van der Waals surface area contributed by atoms with E-state index in [1.807, 2.05) is 18.2 Å². The molecular formula is C17H11F3N6O. The molecule has 2 amide bonds. The van der Waals surface area contributed by atoms with Crippen LogP contribution in [0.25, 0.3) is 10.8 Å². The summed E-state index contributed by atoms with van der Waals surface area (Å²) < 4.78 is 38.4. The third-order valence-electron chi connectivity index (χ3n) is 4.28. The molecule has 136 valence electrons. The highest BCUT2D eigenvalue weighted by atomic mass is 19.4. The van der Waals surface area contributed by atoms with E-state index >= 15 is 0 Å². The van der Waals surface area contributed by atoms with Crippen LogP contribution in [0.3, 0.4) is 0 Å². The molecule has 1 N–H and O–H groups in total. The van der Waals surface area contributed by atoms with Crippen LogP contribution < -0.4 is 9.80 Å². The van der Waals surface area contributed by atoms with Crippen LogP contribution >= 0.6 is 0 Å². The molecule has 1 fully saturated rings. The second kappa shape index (κ2) is 5.98. The summed E-state index contributed by atoms with van der Waals surface area (Å²) in [6.45, 7) is -0.122. The van der Waals surface area contributed by atoms with E-state index in [4.69, 9.17) is 0 Å². The number of nitriles is 1. The molecule has 0 radical (unpaired) electrons. The van der Waals surface area contributed by atoms with Crippen molar-refractivity contribution in [2.75, 3.05) is 16.3 Å². The van der Waals surface area contributed by atoms with E-state index in [-0.39, 0.29) is 12.5 Å². The standard InChI is InChI=1S/C17H11F3N6O/c18-17(19,20)14-8-23-15(24-14)25-9-11(5-21)26(16(25)27)13-7-22-6-10-3-1-2-4-12(10)13/h1-4,6-8,11H,9H2,(H,23,24)/t11-/m1/s1. The summed E-state index contributed by atoms with van der Waals surface area (Å²) in [6.07, 6.45) is -0.911. The molecule has 1 atom stereocenters. The van der Waals surface area contributed by atoms with Crippen molar-refractivity contribution < 1.29 is 18.0 Å². The zero-order valence-corrected chi connectivity index (χ0v) is 13.6. The molecule has 27 heavy (non-hydrogen) atoms. The van der Waals surface area contributed by atoms with Gasteiger partial charge in [0.1, 0.15) is 11.7 Å². The number of fused-ring (bicyclic) bond motifs is 1. The summed E-state index contributed by atoms with van der Waals surface area (Å²) in [4.78, 5) is 25.0. The number of aromatic amines is 1. The van der Waals surface area contributed by atoms with Gasteiger partial charge in [0.25, 0.3) is 0 Å². The number of benzene rings is 1. The molecule has 1 aliphatic heterocycles. The lowest BCUT2D eigenvalue weighted by Crippen LogP contribution is -2.35. The zero-order valence-electron chi connectivity index (χ0n) is 13.6. The topological polar surface area (TPSA) is 88.9 Å². The minimum atomic E-state index is -4.61. The summed E-state index contributed by atoms with van der Waals surface area (Å²) in [5.41, 5.74) is -0.654. The highest BCUT2D eigenvalue weighted by Gasteiger charge is 2.42. The molecule has 7 nitrogen and oxygen atoms in total. The number of halogens is 3. The molecule has 1 aromatic carbocycles. The van der Waals surface area contributed by atoms with Crippen LogP contribution in [0.1, 0.15) is 5.69 Å². The van der Waals surface area contributed by atoms with Crippen molar-refractivity contribution in [3.8, 4) is 6.07 Å². The van der Waals surface area contributed by atoms with E-state index in [0.29, 0.717) is 17.3 Å². The highest BCUT2D eigenvalue weighted by Crippen LogP contribution is 2.34. The average molecular weight is 372 g/mol. The number of nitrogens with one attached hydrogen (secondary N) is 1. The van der Waals surface area contributed by atoms with Crippen molar-refractivity contribution in [2.24, 2.45) is 0 Å². The fourth-order valence-electron chi connectivity index (χ4n) is 3.03. The molecule has 0 unspecified atom stereocenters. The van der Waals surface area contributed by atoms with E-state index in [9.17, 15) is 23.2 Å². The number of rotatable bonds is 2. The zero-order chi connectivity index (χ0) is 19.2. The number of anilines is 2. The monoisotopic (exact) mass is 372 g/mol. The Morgan fingerprint density at radius 3 is 2.70 bits per heavy atom. The van der Waals surface area contributed by atoms with Crippen molar-refractivity contribution in [2.45, 2.75) is 12.2 Å². The van der Waals surface area contributed by atoms with E-state index < -0.39 is 23.9 Å². The number of amides is 2. The number of hydrogen-bond donors (Lipinski definition) is 1. The molecule has 1 aliphatic rings. The number of carbonyl (C=O) groups is 1. The predicted molar refractivity (Wildman–Crippen MR) is 90.0 cm³/mol. The van der Waals surface area contributed by atoms with E-state index in [1.54, 1.807) is 18.3 Å². The van der Waals surface area contributed by atoms with Crippen molar-refractivity contribution in [3.05, 3.63) is 48.5 Å². The van der Waals surface area contributed by atoms with Gasteiger partial charge in [-0.25, -0.2) is 9.78 Å². The Labute approximate surface area is 150 Å². The van der Waals surface area contributed by atoms with Crippen LogP contribution in [0.15, 0.2) is 42.9 Å². The number of alkyl halides is 3. The Morgan fingerprint density at radius 2 is 2.00 bits per heavy atom. The normalized spacial score (nSPS) is 17.6. The average Bonchev–Trinajstić information content (AvgIpc) is 3.25. The van der Waals surface area contributed by atoms with Crippen LogP contribution in [0, 0.1) is 11.3 Å². The van der Waals surface area contributed by atoms with E-state index in [2.05, 4.69) is 15.0 Å². The number of carbonyl (C=O) groups excluding carboxylic acids is 1. The van der Waals surface area contributed by atoms with E-state index in [1.165, 1.54) is 11.1 Å². The maximum atomic E-state index is 12.9. The van der Waals surface area contributed by atoms with Gasteiger partial charge in [0.05, 0.1) is 30.7 Å². The predicted octanol–water partition coefficient (Wildman–Crippen LogP) is 3.32. The molecule has 4 rings (SSSR count). The Kier molecular flexibility index (Phi) is 3.73. The number of nitrogens with zero attached hydrogens (tertiary/aromatic N) is 5. The molecule has 1 saturated heterocycles. The SMILES string of the molecule is N#C[C@@H]1CN(c2ncc(C(F)(F)F)[nH]2)C(=O)N1c1cncc2ccccc12. The van der Waals surface area contributed by atoms with Crippen molar-refractivity contribution in [1.29, 1.82) is 5.26 Å². The molecular weight excluding hydrogens is 361 g/mol. The van der Waals surface area contributed by atoms with Crippen LogP contribution in [0.4, 0.5) is 29.6 Å². The Morgan fingerprint density at radius 1 is 1.22 bits per heavy atom. The lowest BCUT2D eigenvalue weighted by atomic mass is 10.1. The van der Waals surface area contributed by atoms with Gasteiger partial charge in [-0.15, -0.1) is 0 Å². The minimum Gasteiger partial charge on any atom is -0.320 e. The first kappa shape index (κ1) is 16.8. The van der Waals surface area contributed by atoms with Gasteiger partial charge in [-0.05, 0) is 0 Å². The van der Waals surface area contributed by atoms with Gasteiger partial charge in [-0.2, -0.15) is 18.4 Å². The lowest BCUT2D eigenvalue weighted by Gasteiger charge is -2.20. The molecule has 2 aromatic heterocycles. The lowest BCUT2D eigenvalue weighted by molar-refractivity contribution is -0.140. The number of imidazole rings is 1. The van der Waals surface area contributed by atoms with Gasteiger partial charge in [-0.3, -0.25) is 14.8 Å². The summed E-state index contributed by atoms with van der Waals surface area (Å²) in [5, 5.41) is 11.0. The molecule has 3 aromatic rings. The maximum Gasteiger partial charge on any atom is 0.432 e. The highest BCUT2D eigenvalue weighted by molar-refractivity contribution is 6.11. The molecule has 3 heterocycles. The third-order valence-corrected chi connectivity index (χ3v) is 4.28. The fourth-order valence-corrected chi connectivity index (χ4v) is 3.03. The van der Waals surface area contributed by atoms with Crippen LogP contribution in [0.5, 0.6) is 0 Å². The fraction of sp³-hybridized carbons (Fsp3) is 0.176. The van der Waals surface area contributed by atoms with Gasteiger partial charge in [0.2, 0.25) is 5.95 Å². The second-order valence-electron chi connectivity index (χ2n) is 5.91. The first-order valence-electron chi connectivity index (χ1n) is 7.85. The number of aromatic nitrogens is 3. The van der Waals surface area contributed by atoms with Crippen LogP contribution in [0.2, 0.25) is 0 Å². The number of hydrogen-bond acceptors (Lipinski definition) is 4. The third kappa shape index (κ3) is 2.73. The number of urea groups is 1. The summed E-state index contributed by atoms with van der Waals surface area (Å²) in [5.74, 6) is -0.261. The van der Waals surface area contributed by atoms with Gasteiger partial charge in [0.15, 0.2) is 0 Å². The molecule has 0 aliphatic carbocycles. The number of pyridine rings is 1. The summed E-state index contributed by atoms with van der Waals surface area (Å²) in [7, 11) is 0. The second-order valence-corrected chi connectivity index (χ2v) is 5.91. The summed E-state index contributed by atoms with van der Waals surface area (Å²) in [6, 6.07) is 7.66. The van der Waals surface area contributed by atoms with Gasteiger partial charge in [-0.1, -0.05) is 24.3 Å². The maximum absolute atomic E-state index is 12.9. The smallest absolute Gasteiger partial charge is 0.320 e. The van der Waals surface area contributed by atoms with Crippen molar-refractivity contribution >= 4 is 28.4 Å². The molecule has 0 spiro atoms. The first-order valence-corrected chi connectivity index (χ1v) is 7.85. The Hall–Kier alpha value is -3.61. The quantitative estimate of drug-likeness (QED) is 0.747. The largest absolute Gasteiger partial charge is 0.432 e. The Balaban J connectivity index is 1.75. The van der Waals surface area contributed by atoms with Crippen LogP contribution in [-0.2, 0) is 6.18 Å². The van der Waals surface area contributed by atoms with E-state index in [0.717, 1.165) is 10.3 Å². The van der Waals surface area contributed by atoms with Gasteiger partial charge < -0.3 is 4.98 Å². The molecule has 10 heteroatoms. The first-order chi connectivity index (χ1) is 12.9. The van der Waals surface area contributed by atoms with Crippen LogP contribution in [-0.4, -0.2) is 33.6 Å². The molecule has 0 bridgehead atoms. The van der Waals surface area contributed by atoms with Gasteiger partial charge in [0, 0.05) is 17.0 Å². The summed E-state index contributed by atoms with van der Waals surface area (Å²) >= 11 is 0. The number of H-pyrrole nitrogens is 1. The molecule has 0 saturated carbocycles. The van der Waals surface area contributed by atoms with Gasteiger partial charge >= 0.3 is 12.2 Å². The van der Waals surface area contributed by atoms with Crippen molar-refractivity contribution in [3.63, 3.8) is 0 Å². The van der Waals surface area contributed by atoms with Crippen molar-refractivity contribution in [1.82, 2.24) is 15.0 Å². The Bertz CT molecular complexity index is 1060. The minimum absolute atomic E-state index is 0.122.